The first kappa shape index (κ1) is 13.1. The molecule has 1 aromatic carbocycles. The predicted octanol–water partition coefficient (Wildman–Crippen LogP) is 1.16. The molecular formula is C13H17NO3S. The van der Waals surface area contributed by atoms with Crippen molar-refractivity contribution >= 4 is 15.7 Å². The van der Waals surface area contributed by atoms with Crippen LogP contribution in [0.1, 0.15) is 18.4 Å². The van der Waals surface area contributed by atoms with E-state index in [9.17, 15) is 13.2 Å². The molecule has 1 aromatic rings. The Hall–Kier alpha value is -1.36. The fourth-order valence-corrected chi connectivity index (χ4v) is 2.85. The summed E-state index contributed by atoms with van der Waals surface area (Å²) in [6.45, 7) is 0.488. The molecule has 4 nitrogen and oxygen atoms in total. The number of carbonyl (C=O) groups is 1. The second-order valence-electron chi connectivity index (χ2n) is 4.70. The minimum Gasteiger partial charge on any atom is -0.356 e. The molecule has 0 aliphatic heterocycles. The highest BCUT2D eigenvalue weighted by molar-refractivity contribution is 7.90. The van der Waals surface area contributed by atoms with Gasteiger partial charge in [0.1, 0.15) is 0 Å². The predicted molar refractivity (Wildman–Crippen MR) is 69.0 cm³/mol. The highest BCUT2D eigenvalue weighted by Crippen LogP contribution is 2.28. The first-order valence-electron chi connectivity index (χ1n) is 6.04. The van der Waals surface area contributed by atoms with Gasteiger partial charge in [0.25, 0.3) is 0 Å². The van der Waals surface area contributed by atoms with Crippen molar-refractivity contribution in [2.24, 2.45) is 5.92 Å². The van der Waals surface area contributed by atoms with Crippen LogP contribution in [-0.2, 0) is 21.1 Å². The number of hydrogen-bond acceptors (Lipinski definition) is 3. The van der Waals surface area contributed by atoms with Crippen LogP contribution in [-0.4, -0.2) is 27.1 Å². The van der Waals surface area contributed by atoms with Crippen molar-refractivity contribution in [2.45, 2.75) is 24.2 Å². The Morgan fingerprint density at radius 2 is 2.00 bits per heavy atom. The highest BCUT2D eigenvalue weighted by atomic mass is 32.2. The van der Waals surface area contributed by atoms with Crippen LogP contribution in [0.15, 0.2) is 29.2 Å². The zero-order valence-electron chi connectivity index (χ0n) is 10.3. The third-order valence-electron chi connectivity index (χ3n) is 3.01. The first-order chi connectivity index (χ1) is 8.48. The van der Waals surface area contributed by atoms with Crippen molar-refractivity contribution in [3.05, 3.63) is 29.8 Å². The standard InChI is InChI=1S/C13H17NO3S/c1-18(16,17)12-5-3-2-4-10(12)8-9-14-13(15)11-6-7-11/h2-5,11H,6-9H2,1H3,(H,14,15). The van der Waals surface area contributed by atoms with Gasteiger partial charge in [0.2, 0.25) is 5.91 Å². The van der Waals surface area contributed by atoms with Gasteiger partial charge in [0, 0.05) is 18.7 Å². The number of sulfone groups is 1. The summed E-state index contributed by atoms with van der Waals surface area (Å²) < 4.78 is 23.2. The minimum absolute atomic E-state index is 0.0897. The molecule has 2 rings (SSSR count). The molecular weight excluding hydrogens is 250 g/mol. The van der Waals surface area contributed by atoms with Crippen molar-refractivity contribution in [1.82, 2.24) is 5.32 Å². The summed E-state index contributed by atoms with van der Waals surface area (Å²) in [5.41, 5.74) is 0.760. The molecule has 1 fully saturated rings. The van der Waals surface area contributed by atoms with E-state index in [1.165, 1.54) is 6.26 Å². The Balaban J connectivity index is 1.98. The van der Waals surface area contributed by atoms with Gasteiger partial charge in [-0.05, 0) is 30.9 Å². The molecule has 0 spiro atoms. The van der Waals surface area contributed by atoms with Crippen LogP contribution in [0.5, 0.6) is 0 Å². The fourth-order valence-electron chi connectivity index (χ4n) is 1.88. The van der Waals surface area contributed by atoms with E-state index in [1.54, 1.807) is 18.2 Å². The summed E-state index contributed by atoms with van der Waals surface area (Å²) in [5, 5.41) is 2.84. The molecule has 0 atom stereocenters. The van der Waals surface area contributed by atoms with E-state index in [0.29, 0.717) is 17.9 Å². The first-order valence-corrected chi connectivity index (χ1v) is 7.93. The van der Waals surface area contributed by atoms with Crippen molar-refractivity contribution < 1.29 is 13.2 Å². The summed E-state index contributed by atoms with van der Waals surface area (Å²) in [5.74, 6) is 0.280. The molecule has 0 heterocycles. The monoisotopic (exact) mass is 267 g/mol. The Morgan fingerprint density at radius 3 is 2.61 bits per heavy atom. The molecule has 0 aromatic heterocycles. The van der Waals surface area contributed by atoms with E-state index in [1.807, 2.05) is 6.07 Å². The maximum absolute atomic E-state index is 11.6. The molecule has 0 unspecified atom stereocenters. The molecule has 0 radical (unpaired) electrons. The summed E-state index contributed by atoms with van der Waals surface area (Å²) in [6, 6.07) is 6.92. The van der Waals surface area contributed by atoms with E-state index in [-0.39, 0.29) is 11.8 Å². The third kappa shape index (κ3) is 3.32. The van der Waals surface area contributed by atoms with Gasteiger partial charge in [-0.25, -0.2) is 8.42 Å². The largest absolute Gasteiger partial charge is 0.356 e. The number of hydrogen-bond donors (Lipinski definition) is 1. The Labute approximate surface area is 107 Å². The van der Waals surface area contributed by atoms with Crippen molar-refractivity contribution in [2.75, 3.05) is 12.8 Å². The summed E-state index contributed by atoms with van der Waals surface area (Å²) in [4.78, 5) is 11.8. The zero-order valence-corrected chi connectivity index (χ0v) is 11.2. The summed E-state index contributed by atoms with van der Waals surface area (Å²) in [7, 11) is -3.20. The number of rotatable bonds is 5. The lowest BCUT2D eigenvalue weighted by molar-refractivity contribution is -0.122. The Morgan fingerprint density at radius 1 is 1.33 bits per heavy atom. The van der Waals surface area contributed by atoms with Crippen LogP contribution in [0.2, 0.25) is 0 Å². The summed E-state index contributed by atoms with van der Waals surface area (Å²) in [6.07, 6.45) is 3.70. The number of carbonyl (C=O) groups excluding carboxylic acids is 1. The topological polar surface area (TPSA) is 63.2 Å². The SMILES string of the molecule is CS(=O)(=O)c1ccccc1CCNC(=O)C1CC1. The number of benzene rings is 1. The van der Waals surface area contributed by atoms with Gasteiger partial charge < -0.3 is 5.32 Å². The zero-order chi connectivity index (χ0) is 13.2. The molecule has 0 saturated heterocycles. The highest BCUT2D eigenvalue weighted by Gasteiger charge is 2.29. The second kappa shape index (κ2) is 5.10. The quantitative estimate of drug-likeness (QED) is 0.870. The minimum atomic E-state index is -3.20. The lowest BCUT2D eigenvalue weighted by atomic mass is 10.1. The number of amides is 1. The number of nitrogens with one attached hydrogen (secondary N) is 1. The normalized spacial score (nSPS) is 15.4. The van der Waals surface area contributed by atoms with Crippen LogP contribution in [0.25, 0.3) is 0 Å². The van der Waals surface area contributed by atoms with E-state index < -0.39 is 9.84 Å². The van der Waals surface area contributed by atoms with E-state index in [0.717, 1.165) is 18.4 Å². The maximum Gasteiger partial charge on any atom is 0.223 e. The van der Waals surface area contributed by atoms with E-state index >= 15 is 0 Å². The van der Waals surface area contributed by atoms with Crippen molar-refractivity contribution in [1.29, 1.82) is 0 Å². The van der Waals surface area contributed by atoms with Crippen LogP contribution in [0.4, 0.5) is 0 Å². The van der Waals surface area contributed by atoms with Crippen molar-refractivity contribution in [3.8, 4) is 0 Å². The van der Waals surface area contributed by atoms with Gasteiger partial charge in [-0.15, -0.1) is 0 Å². The van der Waals surface area contributed by atoms with Crippen molar-refractivity contribution in [3.63, 3.8) is 0 Å². The second-order valence-corrected chi connectivity index (χ2v) is 6.68. The van der Waals surface area contributed by atoms with E-state index in [2.05, 4.69) is 5.32 Å². The van der Waals surface area contributed by atoms with Crippen LogP contribution < -0.4 is 5.32 Å². The van der Waals surface area contributed by atoms with Crippen LogP contribution >= 0.6 is 0 Å². The molecule has 1 N–H and O–H groups in total. The van der Waals surface area contributed by atoms with E-state index in [4.69, 9.17) is 0 Å². The Kier molecular flexibility index (Phi) is 3.71. The van der Waals surface area contributed by atoms with Gasteiger partial charge in [-0.3, -0.25) is 4.79 Å². The average Bonchev–Trinajstić information content (AvgIpc) is 3.12. The lowest BCUT2D eigenvalue weighted by Gasteiger charge is -2.08. The molecule has 98 valence electrons. The molecule has 5 heteroatoms. The smallest absolute Gasteiger partial charge is 0.223 e. The van der Waals surface area contributed by atoms with Gasteiger partial charge in [0.05, 0.1) is 4.90 Å². The lowest BCUT2D eigenvalue weighted by Crippen LogP contribution is -2.27. The molecule has 1 saturated carbocycles. The summed E-state index contributed by atoms with van der Waals surface area (Å²) >= 11 is 0. The molecule has 18 heavy (non-hydrogen) atoms. The third-order valence-corrected chi connectivity index (χ3v) is 4.21. The van der Waals surface area contributed by atoms with Crippen LogP contribution in [0, 0.1) is 5.92 Å². The molecule has 1 aliphatic rings. The van der Waals surface area contributed by atoms with Gasteiger partial charge in [-0.2, -0.15) is 0 Å². The molecule has 0 bridgehead atoms. The Bertz CT molecular complexity index is 547. The van der Waals surface area contributed by atoms with Crippen LogP contribution in [0.3, 0.4) is 0 Å². The fraction of sp³-hybridized carbons (Fsp3) is 0.462. The van der Waals surface area contributed by atoms with Gasteiger partial charge >= 0.3 is 0 Å². The maximum atomic E-state index is 11.6. The van der Waals surface area contributed by atoms with Gasteiger partial charge in [-0.1, -0.05) is 18.2 Å². The average molecular weight is 267 g/mol. The van der Waals surface area contributed by atoms with Gasteiger partial charge in [0.15, 0.2) is 9.84 Å². The molecule has 1 amide bonds. The molecule has 1 aliphatic carbocycles.